The van der Waals surface area contributed by atoms with E-state index >= 15 is 0 Å². The Morgan fingerprint density at radius 2 is 2.19 bits per heavy atom. The Balaban J connectivity index is 2.55. The van der Waals surface area contributed by atoms with Crippen LogP contribution in [0.25, 0.3) is 0 Å². The lowest BCUT2D eigenvalue weighted by Crippen LogP contribution is -2.64. The quantitative estimate of drug-likeness (QED) is 0.777. The van der Waals surface area contributed by atoms with Crippen LogP contribution in [-0.2, 0) is 4.74 Å². The van der Waals surface area contributed by atoms with E-state index in [2.05, 4.69) is 44.8 Å². The number of hydrogen-bond acceptors (Lipinski definition) is 3. The monoisotopic (exact) mass is 228 g/mol. The molecule has 96 valence electrons. The average Bonchev–Trinajstić information content (AvgIpc) is 2.29. The minimum absolute atomic E-state index is 0.271. The second kappa shape index (κ2) is 5.99. The first-order valence-electron chi connectivity index (χ1n) is 6.61. The zero-order valence-electron chi connectivity index (χ0n) is 11.5. The Morgan fingerprint density at radius 3 is 2.75 bits per heavy atom. The molecule has 1 fully saturated rings. The highest BCUT2D eigenvalue weighted by Crippen LogP contribution is 2.20. The van der Waals surface area contributed by atoms with Crippen molar-refractivity contribution in [2.75, 3.05) is 26.3 Å². The lowest BCUT2D eigenvalue weighted by Gasteiger charge is -2.47. The standard InChI is InChI=1S/C13H28N2O/c1-6-13(5)10-15(11(3)8-14-13)12(4)9-16-7-2/h11-12,14H,6-10H2,1-5H3. The first-order chi connectivity index (χ1) is 7.52. The smallest absolute Gasteiger partial charge is 0.0619 e. The fraction of sp³-hybridized carbons (Fsp3) is 1.00. The normalized spacial score (nSPS) is 33.9. The van der Waals surface area contributed by atoms with E-state index in [4.69, 9.17) is 4.74 Å². The van der Waals surface area contributed by atoms with Crippen molar-refractivity contribution in [3.8, 4) is 0 Å². The second-order valence-corrected chi connectivity index (χ2v) is 5.32. The third kappa shape index (κ3) is 3.44. The second-order valence-electron chi connectivity index (χ2n) is 5.32. The van der Waals surface area contributed by atoms with Gasteiger partial charge in [0.2, 0.25) is 0 Å². The van der Waals surface area contributed by atoms with Crippen molar-refractivity contribution < 1.29 is 4.74 Å². The number of ether oxygens (including phenoxy) is 1. The van der Waals surface area contributed by atoms with Crippen LogP contribution in [0.5, 0.6) is 0 Å². The molecule has 0 aliphatic carbocycles. The summed E-state index contributed by atoms with van der Waals surface area (Å²) in [6.07, 6.45) is 1.18. The lowest BCUT2D eigenvalue weighted by molar-refractivity contribution is 0.0141. The van der Waals surface area contributed by atoms with Gasteiger partial charge >= 0.3 is 0 Å². The number of piperazine rings is 1. The molecule has 0 radical (unpaired) electrons. The molecule has 1 aliphatic rings. The first-order valence-corrected chi connectivity index (χ1v) is 6.61. The van der Waals surface area contributed by atoms with Gasteiger partial charge in [0, 0.05) is 37.3 Å². The SMILES string of the molecule is CCOCC(C)N1CC(C)(CC)NCC1C. The molecule has 0 amide bonds. The Bertz CT molecular complexity index is 210. The van der Waals surface area contributed by atoms with Gasteiger partial charge in [0.25, 0.3) is 0 Å². The van der Waals surface area contributed by atoms with Crippen LogP contribution in [0.1, 0.15) is 41.0 Å². The summed E-state index contributed by atoms with van der Waals surface area (Å²) in [4.78, 5) is 2.58. The van der Waals surface area contributed by atoms with Gasteiger partial charge < -0.3 is 10.1 Å². The fourth-order valence-corrected chi connectivity index (χ4v) is 2.34. The van der Waals surface area contributed by atoms with Gasteiger partial charge in [0.05, 0.1) is 6.61 Å². The van der Waals surface area contributed by atoms with Crippen molar-refractivity contribution in [3.05, 3.63) is 0 Å². The lowest BCUT2D eigenvalue weighted by atomic mass is 9.93. The molecule has 3 atom stereocenters. The van der Waals surface area contributed by atoms with Crippen molar-refractivity contribution in [1.29, 1.82) is 0 Å². The predicted octanol–water partition coefficient (Wildman–Crippen LogP) is 1.87. The van der Waals surface area contributed by atoms with Crippen molar-refractivity contribution in [2.24, 2.45) is 0 Å². The van der Waals surface area contributed by atoms with E-state index in [1.807, 2.05) is 0 Å². The summed E-state index contributed by atoms with van der Waals surface area (Å²) in [7, 11) is 0. The number of nitrogens with zero attached hydrogens (tertiary/aromatic N) is 1. The molecule has 1 aliphatic heterocycles. The third-order valence-electron chi connectivity index (χ3n) is 3.83. The highest BCUT2D eigenvalue weighted by molar-refractivity contribution is 4.94. The molecule has 0 saturated carbocycles. The summed E-state index contributed by atoms with van der Waals surface area (Å²) in [6, 6.07) is 1.12. The third-order valence-corrected chi connectivity index (χ3v) is 3.83. The van der Waals surface area contributed by atoms with E-state index in [9.17, 15) is 0 Å². The van der Waals surface area contributed by atoms with Gasteiger partial charge in [-0.15, -0.1) is 0 Å². The molecule has 1 saturated heterocycles. The summed E-state index contributed by atoms with van der Waals surface area (Å²) in [6.45, 7) is 15.1. The van der Waals surface area contributed by atoms with Crippen LogP contribution >= 0.6 is 0 Å². The topological polar surface area (TPSA) is 24.5 Å². The van der Waals surface area contributed by atoms with Gasteiger partial charge in [-0.25, -0.2) is 0 Å². The van der Waals surface area contributed by atoms with Crippen LogP contribution in [0, 0.1) is 0 Å². The maximum absolute atomic E-state index is 5.54. The average molecular weight is 228 g/mol. The Labute approximate surface area is 101 Å². The molecule has 1 rings (SSSR count). The summed E-state index contributed by atoms with van der Waals surface area (Å²) < 4.78 is 5.54. The van der Waals surface area contributed by atoms with Crippen molar-refractivity contribution in [3.63, 3.8) is 0 Å². The maximum atomic E-state index is 5.54. The van der Waals surface area contributed by atoms with Gasteiger partial charge in [0.15, 0.2) is 0 Å². The van der Waals surface area contributed by atoms with Gasteiger partial charge in [-0.05, 0) is 34.1 Å². The molecule has 16 heavy (non-hydrogen) atoms. The van der Waals surface area contributed by atoms with Gasteiger partial charge in [-0.2, -0.15) is 0 Å². The summed E-state index contributed by atoms with van der Waals surface area (Å²) in [5.41, 5.74) is 0.271. The van der Waals surface area contributed by atoms with Crippen molar-refractivity contribution in [2.45, 2.75) is 58.7 Å². The largest absolute Gasteiger partial charge is 0.380 e. The van der Waals surface area contributed by atoms with Crippen LogP contribution in [0.4, 0.5) is 0 Å². The first kappa shape index (κ1) is 13.9. The molecule has 0 aromatic heterocycles. The van der Waals surface area contributed by atoms with Gasteiger partial charge in [-0.3, -0.25) is 4.90 Å². The minimum atomic E-state index is 0.271. The predicted molar refractivity (Wildman–Crippen MR) is 68.8 cm³/mol. The molecular formula is C13H28N2O. The molecule has 3 unspecified atom stereocenters. The van der Waals surface area contributed by atoms with E-state index in [0.29, 0.717) is 12.1 Å². The molecular weight excluding hydrogens is 200 g/mol. The summed E-state index contributed by atoms with van der Waals surface area (Å²) >= 11 is 0. The van der Waals surface area contributed by atoms with Crippen LogP contribution in [-0.4, -0.2) is 48.8 Å². The van der Waals surface area contributed by atoms with E-state index in [1.54, 1.807) is 0 Å². The zero-order valence-corrected chi connectivity index (χ0v) is 11.5. The molecule has 1 N–H and O–H groups in total. The van der Waals surface area contributed by atoms with Gasteiger partial charge in [0.1, 0.15) is 0 Å². The van der Waals surface area contributed by atoms with E-state index in [0.717, 1.165) is 26.3 Å². The molecule has 3 heteroatoms. The molecule has 0 bridgehead atoms. The molecule has 0 aromatic carbocycles. The summed E-state index contributed by atoms with van der Waals surface area (Å²) in [5.74, 6) is 0. The Kier molecular flexibility index (Phi) is 5.22. The number of nitrogens with one attached hydrogen (secondary N) is 1. The Morgan fingerprint density at radius 1 is 1.50 bits per heavy atom. The van der Waals surface area contributed by atoms with E-state index in [-0.39, 0.29) is 5.54 Å². The van der Waals surface area contributed by atoms with Crippen LogP contribution in [0.3, 0.4) is 0 Å². The Hall–Kier alpha value is -0.120. The highest BCUT2D eigenvalue weighted by Gasteiger charge is 2.34. The number of hydrogen-bond donors (Lipinski definition) is 1. The summed E-state index contributed by atoms with van der Waals surface area (Å²) in [5, 5.41) is 3.65. The fourth-order valence-electron chi connectivity index (χ4n) is 2.34. The van der Waals surface area contributed by atoms with Crippen molar-refractivity contribution in [1.82, 2.24) is 10.2 Å². The zero-order chi connectivity index (χ0) is 12.2. The van der Waals surface area contributed by atoms with E-state index in [1.165, 1.54) is 6.42 Å². The van der Waals surface area contributed by atoms with Crippen LogP contribution < -0.4 is 5.32 Å². The molecule has 0 aromatic rings. The van der Waals surface area contributed by atoms with Crippen LogP contribution in [0.15, 0.2) is 0 Å². The van der Waals surface area contributed by atoms with Crippen LogP contribution in [0.2, 0.25) is 0 Å². The molecule has 3 nitrogen and oxygen atoms in total. The molecule has 1 heterocycles. The maximum Gasteiger partial charge on any atom is 0.0619 e. The molecule has 0 spiro atoms. The highest BCUT2D eigenvalue weighted by atomic mass is 16.5. The van der Waals surface area contributed by atoms with Gasteiger partial charge in [-0.1, -0.05) is 6.92 Å². The van der Waals surface area contributed by atoms with E-state index < -0.39 is 0 Å². The number of rotatable bonds is 5. The minimum Gasteiger partial charge on any atom is -0.380 e. The van der Waals surface area contributed by atoms with Crippen molar-refractivity contribution >= 4 is 0 Å².